The molecule has 0 fully saturated rings. The zero-order valence-electron chi connectivity index (χ0n) is 18.3. The molecule has 0 radical (unpaired) electrons. The van der Waals surface area contributed by atoms with Crippen LogP contribution < -0.4 is 4.74 Å². The Hall–Kier alpha value is -4.63. The monoisotopic (exact) mass is 436 g/mol. The smallest absolute Gasteiger partial charge is 0.145 e. The van der Waals surface area contributed by atoms with E-state index >= 15 is 0 Å². The van der Waals surface area contributed by atoms with Crippen molar-refractivity contribution < 1.29 is 4.74 Å². The molecule has 0 saturated heterocycles. The Labute approximate surface area is 197 Å². The van der Waals surface area contributed by atoms with Crippen LogP contribution in [0.2, 0.25) is 0 Å². The molecule has 0 aliphatic carbocycles. The Balaban J connectivity index is 1.49. The number of para-hydroxylation sites is 4. The fourth-order valence-corrected chi connectivity index (χ4v) is 4.88. The molecule has 0 N–H and O–H groups in total. The molecule has 0 bridgehead atoms. The first kappa shape index (κ1) is 18.9. The number of hydrogen-bond donors (Lipinski definition) is 0. The second kappa shape index (κ2) is 7.46. The Kier molecular flexibility index (Phi) is 4.15. The molecular weight excluding hydrogens is 416 g/mol. The van der Waals surface area contributed by atoms with E-state index in [-0.39, 0.29) is 0 Å². The van der Waals surface area contributed by atoms with Crippen molar-refractivity contribution in [2.45, 2.75) is 0 Å². The lowest BCUT2D eigenvalue weighted by Crippen LogP contribution is -1.98. The van der Waals surface area contributed by atoms with Gasteiger partial charge in [-0.25, -0.2) is 4.98 Å². The number of benzene rings is 5. The summed E-state index contributed by atoms with van der Waals surface area (Å²) >= 11 is 0. The predicted molar refractivity (Wildman–Crippen MR) is 137 cm³/mol. The summed E-state index contributed by atoms with van der Waals surface area (Å²) in [6.45, 7) is 0. The summed E-state index contributed by atoms with van der Waals surface area (Å²) < 4.78 is 8.65. The molecule has 0 amide bonds. The van der Waals surface area contributed by atoms with Gasteiger partial charge in [0.05, 0.1) is 11.0 Å². The number of rotatable bonds is 2. The number of hydrogen-bond acceptors (Lipinski definition) is 2. The van der Waals surface area contributed by atoms with Crippen molar-refractivity contribution in [2.75, 3.05) is 0 Å². The number of nitrogens with zero attached hydrogens (tertiary/aromatic N) is 2. The van der Waals surface area contributed by atoms with Gasteiger partial charge in [-0.2, -0.15) is 0 Å². The zero-order valence-corrected chi connectivity index (χ0v) is 18.3. The molecule has 0 atom stereocenters. The van der Waals surface area contributed by atoms with E-state index < -0.39 is 0 Å². The van der Waals surface area contributed by atoms with Crippen molar-refractivity contribution in [1.82, 2.24) is 9.55 Å². The van der Waals surface area contributed by atoms with Crippen LogP contribution in [0.15, 0.2) is 121 Å². The molecule has 160 valence electrons. The Morgan fingerprint density at radius 2 is 1.18 bits per heavy atom. The second-order valence-corrected chi connectivity index (χ2v) is 8.45. The molecule has 2 heterocycles. The molecule has 3 nitrogen and oxygen atoms in total. The van der Waals surface area contributed by atoms with Gasteiger partial charge in [0.25, 0.3) is 0 Å². The van der Waals surface area contributed by atoms with Gasteiger partial charge in [-0.15, -0.1) is 0 Å². The summed E-state index contributed by atoms with van der Waals surface area (Å²) in [6, 6.07) is 41.8. The van der Waals surface area contributed by atoms with E-state index in [2.05, 4.69) is 102 Å². The van der Waals surface area contributed by atoms with Crippen molar-refractivity contribution in [3.05, 3.63) is 121 Å². The summed E-state index contributed by atoms with van der Waals surface area (Å²) in [5, 5.41) is 0. The minimum atomic E-state index is 0.850. The minimum Gasteiger partial charge on any atom is -0.456 e. The topological polar surface area (TPSA) is 27.1 Å². The molecule has 1 aromatic heterocycles. The van der Waals surface area contributed by atoms with Crippen LogP contribution >= 0.6 is 0 Å². The zero-order chi connectivity index (χ0) is 22.5. The number of imidazole rings is 1. The average Bonchev–Trinajstić information content (AvgIpc) is 3.23. The van der Waals surface area contributed by atoms with Gasteiger partial charge in [0.15, 0.2) is 0 Å². The summed E-state index contributed by atoms with van der Waals surface area (Å²) in [5.41, 5.74) is 8.69. The maximum atomic E-state index is 6.42. The molecule has 5 aromatic carbocycles. The normalized spacial score (nSPS) is 11.8. The Bertz CT molecular complexity index is 1680. The number of ether oxygens (including phenoxy) is 1. The maximum absolute atomic E-state index is 6.42. The van der Waals surface area contributed by atoms with Gasteiger partial charge >= 0.3 is 0 Å². The first-order chi connectivity index (χ1) is 16.9. The first-order valence-corrected chi connectivity index (χ1v) is 11.4. The van der Waals surface area contributed by atoms with E-state index in [0.29, 0.717) is 0 Å². The third-order valence-corrected chi connectivity index (χ3v) is 6.43. The standard InChI is InChI=1S/C31H20N2O/c1-2-10-22(11-3-1)33-28-16-8-7-15-27(28)32-31(33)21-18-19-30-26(20-21)24-13-5-4-12-23(24)25-14-6-9-17-29(25)34-30/h1-20H. The molecule has 6 aromatic rings. The molecule has 3 heteroatoms. The quantitative estimate of drug-likeness (QED) is 0.273. The lowest BCUT2D eigenvalue weighted by molar-refractivity contribution is 0.488. The summed E-state index contributed by atoms with van der Waals surface area (Å²) in [4.78, 5) is 5.05. The van der Waals surface area contributed by atoms with Crippen molar-refractivity contribution >= 4 is 11.0 Å². The second-order valence-electron chi connectivity index (χ2n) is 8.45. The van der Waals surface area contributed by atoms with Gasteiger partial charge in [-0.3, -0.25) is 4.57 Å². The lowest BCUT2D eigenvalue weighted by Gasteiger charge is -2.13. The van der Waals surface area contributed by atoms with Crippen LogP contribution in [0.1, 0.15) is 0 Å². The highest BCUT2D eigenvalue weighted by Crippen LogP contribution is 2.47. The fourth-order valence-electron chi connectivity index (χ4n) is 4.88. The molecule has 34 heavy (non-hydrogen) atoms. The van der Waals surface area contributed by atoms with Crippen LogP contribution in [0.25, 0.3) is 50.4 Å². The van der Waals surface area contributed by atoms with Gasteiger partial charge in [-0.05, 0) is 59.7 Å². The van der Waals surface area contributed by atoms with E-state index in [1.807, 2.05) is 24.3 Å². The van der Waals surface area contributed by atoms with Crippen molar-refractivity contribution in [2.24, 2.45) is 0 Å². The summed E-state index contributed by atoms with van der Waals surface area (Å²) in [7, 11) is 0. The van der Waals surface area contributed by atoms with Crippen LogP contribution in [-0.4, -0.2) is 9.55 Å². The maximum Gasteiger partial charge on any atom is 0.145 e. The molecule has 0 saturated carbocycles. The fraction of sp³-hybridized carbons (Fsp3) is 0. The van der Waals surface area contributed by atoms with Gasteiger partial charge < -0.3 is 4.74 Å². The molecule has 0 spiro atoms. The first-order valence-electron chi connectivity index (χ1n) is 11.4. The summed E-state index contributed by atoms with van der Waals surface area (Å²) in [5.74, 6) is 2.64. The minimum absolute atomic E-state index is 0.850. The van der Waals surface area contributed by atoms with Gasteiger partial charge in [0.2, 0.25) is 0 Å². The largest absolute Gasteiger partial charge is 0.456 e. The SMILES string of the molecule is c1ccc(-n2c(-c3ccc4c(c3)-c3ccccc3-c3ccccc3O4)nc3ccccc32)cc1. The average molecular weight is 437 g/mol. The van der Waals surface area contributed by atoms with E-state index in [0.717, 1.165) is 56.3 Å². The van der Waals surface area contributed by atoms with Crippen molar-refractivity contribution in [1.29, 1.82) is 0 Å². The molecule has 1 aliphatic heterocycles. The van der Waals surface area contributed by atoms with Crippen LogP contribution in [0.4, 0.5) is 0 Å². The number of fused-ring (bicyclic) bond motifs is 6. The lowest BCUT2D eigenvalue weighted by atomic mass is 9.93. The highest BCUT2D eigenvalue weighted by Gasteiger charge is 2.22. The van der Waals surface area contributed by atoms with Crippen LogP contribution in [-0.2, 0) is 0 Å². The number of aromatic nitrogens is 2. The summed E-state index contributed by atoms with van der Waals surface area (Å²) in [6.07, 6.45) is 0. The Morgan fingerprint density at radius 1 is 0.529 bits per heavy atom. The van der Waals surface area contributed by atoms with Crippen molar-refractivity contribution in [3.8, 4) is 50.8 Å². The molecule has 0 unspecified atom stereocenters. The molecular formula is C31H20N2O. The van der Waals surface area contributed by atoms with Crippen molar-refractivity contribution in [3.63, 3.8) is 0 Å². The van der Waals surface area contributed by atoms with E-state index in [1.165, 1.54) is 5.56 Å². The third kappa shape index (κ3) is 2.87. The van der Waals surface area contributed by atoms with E-state index in [1.54, 1.807) is 0 Å². The predicted octanol–water partition coefficient (Wildman–Crippen LogP) is 8.13. The van der Waals surface area contributed by atoms with Gasteiger partial charge in [0, 0.05) is 22.4 Å². The van der Waals surface area contributed by atoms with Crippen LogP contribution in [0.3, 0.4) is 0 Å². The van der Waals surface area contributed by atoms with Crippen LogP contribution in [0, 0.1) is 0 Å². The third-order valence-electron chi connectivity index (χ3n) is 6.43. The Morgan fingerprint density at radius 3 is 2.03 bits per heavy atom. The highest BCUT2D eigenvalue weighted by atomic mass is 16.5. The molecule has 1 aliphatic rings. The molecule has 7 rings (SSSR count). The highest BCUT2D eigenvalue weighted by molar-refractivity contribution is 5.92. The van der Waals surface area contributed by atoms with E-state index in [9.17, 15) is 0 Å². The van der Waals surface area contributed by atoms with Gasteiger partial charge in [-0.1, -0.05) is 72.8 Å². The van der Waals surface area contributed by atoms with E-state index in [4.69, 9.17) is 9.72 Å². The van der Waals surface area contributed by atoms with Gasteiger partial charge in [0.1, 0.15) is 17.3 Å². The van der Waals surface area contributed by atoms with Crippen LogP contribution in [0.5, 0.6) is 11.5 Å².